The van der Waals surface area contributed by atoms with E-state index in [-0.39, 0.29) is 0 Å². The van der Waals surface area contributed by atoms with Crippen LogP contribution in [0.2, 0.25) is 0 Å². The summed E-state index contributed by atoms with van der Waals surface area (Å²) in [5.41, 5.74) is 0. The third-order valence-electron chi connectivity index (χ3n) is 1.60. The fourth-order valence-electron chi connectivity index (χ4n) is 0.855. The lowest BCUT2D eigenvalue weighted by Gasteiger charge is -2.26. The number of nitrogens with one attached hydrogen (secondary N) is 1. The molecule has 1 rings (SSSR count). The van der Waals surface area contributed by atoms with Crippen molar-refractivity contribution < 1.29 is 4.74 Å². The van der Waals surface area contributed by atoms with Gasteiger partial charge in [0.2, 0.25) is 0 Å². The predicted octanol–water partition coefficient (Wildman–Crippen LogP) is 0.385. The second kappa shape index (κ2) is 3.05. The van der Waals surface area contributed by atoms with Crippen LogP contribution < -0.4 is 5.32 Å². The molecule has 0 aromatic heterocycles. The Balaban J connectivity index is 1.86. The van der Waals surface area contributed by atoms with Crippen LogP contribution in [0.4, 0.5) is 0 Å². The Bertz CT molecular complexity index is 61.5. The van der Waals surface area contributed by atoms with E-state index in [0.29, 0.717) is 0 Å². The number of hydrogen-bond acceptors (Lipinski definition) is 2. The third kappa shape index (κ3) is 1.46. The van der Waals surface area contributed by atoms with Gasteiger partial charge in [-0.05, 0) is 19.4 Å². The molecule has 2 nitrogen and oxygen atoms in total. The first-order valence-electron chi connectivity index (χ1n) is 3.16. The summed E-state index contributed by atoms with van der Waals surface area (Å²) in [7, 11) is 1.75. The minimum atomic E-state index is 0.759. The molecule has 0 radical (unpaired) electrons. The van der Waals surface area contributed by atoms with Gasteiger partial charge in [-0.2, -0.15) is 0 Å². The van der Waals surface area contributed by atoms with Crippen LogP contribution in [0.1, 0.15) is 12.8 Å². The van der Waals surface area contributed by atoms with Crippen molar-refractivity contribution in [2.75, 3.05) is 20.3 Å². The van der Waals surface area contributed by atoms with Gasteiger partial charge in [-0.15, -0.1) is 0 Å². The molecule has 0 aliphatic carbocycles. The summed E-state index contributed by atoms with van der Waals surface area (Å²) in [4.78, 5) is 0. The van der Waals surface area contributed by atoms with E-state index >= 15 is 0 Å². The van der Waals surface area contributed by atoms with Crippen molar-refractivity contribution >= 4 is 0 Å². The van der Waals surface area contributed by atoms with Crippen LogP contribution in [0.25, 0.3) is 0 Å². The minimum Gasteiger partial charge on any atom is -0.385 e. The maximum Gasteiger partial charge on any atom is 0.0477 e. The summed E-state index contributed by atoms with van der Waals surface area (Å²) in [6, 6.07) is 0.759. The summed E-state index contributed by atoms with van der Waals surface area (Å²) >= 11 is 0. The van der Waals surface area contributed by atoms with Gasteiger partial charge < -0.3 is 10.1 Å². The van der Waals surface area contributed by atoms with Crippen LogP contribution in [0, 0.1) is 0 Å². The van der Waals surface area contributed by atoms with Crippen molar-refractivity contribution in [1.29, 1.82) is 0 Å². The minimum absolute atomic E-state index is 0.759. The highest BCUT2D eigenvalue weighted by atomic mass is 16.5. The first kappa shape index (κ1) is 6.05. The average molecular weight is 115 g/mol. The van der Waals surface area contributed by atoms with Gasteiger partial charge in [0.25, 0.3) is 0 Å². The van der Waals surface area contributed by atoms with E-state index in [0.717, 1.165) is 12.6 Å². The fourth-order valence-corrected chi connectivity index (χ4v) is 0.855. The van der Waals surface area contributed by atoms with Gasteiger partial charge in [0.05, 0.1) is 0 Å². The maximum atomic E-state index is 4.91. The first-order valence-corrected chi connectivity index (χ1v) is 3.16. The van der Waals surface area contributed by atoms with E-state index < -0.39 is 0 Å². The Morgan fingerprint density at radius 2 is 2.50 bits per heavy atom. The SMILES string of the molecule is COCC[C@H]1CCN1. The lowest BCUT2D eigenvalue weighted by Crippen LogP contribution is -2.43. The molecule has 1 atom stereocenters. The van der Waals surface area contributed by atoms with Crippen LogP contribution in [-0.4, -0.2) is 26.3 Å². The van der Waals surface area contributed by atoms with Gasteiger partial charge in [0, 0.05) is 19.8 Å². The van der Waals surface area contributed by atoms with Crippen LogP contribution >= 0.6 is 0 Å². The number of methoxy groups -OCH3 is 1. The van der Waals surface area contributed by atoms with Crippen molar-refractivity contribution in [2.24, 2.45) is 0 Å². The molecule has 2 heteroatoms. The lowest BCUT2D eigenvalue weighted by atomic mass is 10.1. The molecular formula is C6H13NO. The molecule has 48 valence electrons. The van der Waals surface area contributed by atoms with Crippen molar-refractivity contribution in [3.05, 3.63) is 0 Å². The largest absolute Gasteiger partial charge is 0.385 e. The summed E-state index contributed by atoms with van der Waals surface area (Å²) in [6.07, 6.45) is 2.51. The molecule has 1 aliphatic heterocycles. The summed E-state index contributed by atoms with van der Waals surface area (Å²) in [5, 5.41) is 3.30. The van der Waals surface area contributed by atoms with E-state index in [9.17, 15) is 0 Å². The zero-order valence-corrected chi connectivity index (χ0v) is 5.31. The van der Waals surface area contributed by atoms with E-state index in [1.165, 1.54) is 19.4 Å². The molecule has 0 aromatic rings. The smallest absolute Gasteiger partial charge is 0.0477 e. The van der Waals surface area contributed by atoms with Gasteiger partial charge in [-0.25, -0.2) is 0 Å². The molecule has 1 heterocycles. The zero-order chi connectivity index (χ0) is 5.82. The summed E-state index contributed by atoms with van der Waals surface area (Å²) < 4.78 is 4.91. The van der Waals surface area contributed by atoms with Crippen LogP contribution in [0.3, 0.4) is 0 Å². The highest BCUT2D eigenvalue weighted by Gasteiger charge is 2.14. The molecular weight excluding hydrogens is 102 g/mol. The normalized spacial score (nSPS) is 27.4. The van der Waals surface area contributed by atoms with Crippen molar-refractivity contribution in [3.8, 4) is 0 Å². The number of hydrogen-bond donors (Lipinski definition) is 1. The zero-order valence-electron chi connectivity index (χ0n) is 5.31. The van der Waals surface area contributed by atoms with Crippen LogP contribution in [0.5, 0.6) is 0 Å². The van der Waals surface area contributed by atoms with E-state index in [4.69, 9.17) is 4.74 Å². The number of ether oxygens (including phenoxy) is 1. The fraction of sp³-hybridized carbons (Fsp3) is 1.00. The highest BCUT2D eigenvalue weighted by Crippen LogP contribution is 2.05. The van der Waals surface area contributed by atoms with Gasteiger partial charge in [0.15, 0.2) is 0 Å². The molecule has 0 amide bonds. The molecule has 0 aromatic carbocycles. The van der Waals surface area contributed by atoms with Gasteiger partial charge in [-0.3, -0.25) is 0 Å². The lowest BCUT2D eigenvalue weighted by molar-refractivity contribution is 0.169. The van der Waals surface area contributed by atoms with E-state index in [2.05, 4.69) is 5.32 Å². The third-order valence-corrected chi connectivity index (χ3v) is 1.60. The maximum absolute atomic E-state index is 4.91. The van der Waals surface area contributed by atoms with Crippen molar-refractivity contribution in [2.45, 2.75) is 18.9 Å². The van der Waals surface area contributed by atoms with E-state index in [1.54, 1.807) is 7.11 Å². The molecule has 1 aliphatic rings. The van der Waals surface area contributed by atoms with Gasteiger partial charge in [-0.1, -0.05) is 0 Å². The highest BCUT2D eigenvalue weighted by molar-refractivity contribution is 4.76. The second-order valence-electron chi connectivity index (χ2n) is 2.22. The number of rotatable bonds is 3. The first-order chi connectivity index (χ1) is 3.93. The Morgan fingerprint density at radius 1 is 1.75 bits per heavy atom. The molecule has 0 bridgehead atoms. The Hall–Kier alpha value is -0.0800. The quantitative estimate of drug-likeness (QED) is 0.574. The second-order valence-corrected chi connectivity index (χ2v) is 2.22. The van der Waals surface area contributed by atoms with Crippen LogP contribution in [0.15, 0.2) is 0 Å². The predicted molar refractivity (Wildman–Crippen MR) is 32.9 cm³/mol. The van der Waals surface area contributed by atoms with Crippen molar-refractivity contribution in [1.82, 2.24) is 5.32 Å². The topological polar surface area (TPSA) is 21.3 Å². The summed E-state index contributed by atoms with van der Waals surface area (Å²) in [6.45, 7) is 2.10. The average Bonchev–Trinajstić information content (AvgIpc) is 1.63. The molecule has 1 N–H and O–H groups in total. The van der Waals surface area contributed by atoms with Crippen LogP contribution in [-0.2, 0) is 4.74 Å². The Labute approximate surface area is 50.2 Å². The monoisotopic (exact) mass is 115 g/mol. The molecule has 1 saturated heterocycles. The molecule has 8 heavy (non-hydrogen) atoms. The standard InChI is InChI=1S/C6H13NO/c1-8-5-3-6-2-4-7-6/h6-7H,2-5H2,1H3/t6-/m1/s1. The molecule has 0 spiro atoms. The van der Waals surface area contributed by atoms with E-state index in [1.807, 2.05) is 0 Å². The molecule has 0 unspecified atom stereocenters. The Kier molecular flexibility index (Phi) is 2.30. The molecule has 0 saturated carbocycles. The molecule has 1 fully saturated rings. The Morgan fingerprint density at radius 3 is 2.88 bits per heavy atom. The van der Waals surface area contributed by atoms with Crippen molar-refractivity contribution in [3.63, 3.8) is 0 Å². The summed E-state index contributed by atoms with van der Waals surface area (Å²) in [5.74, 6) is 0. The van der Waals surface area contributed by atoms with Gasteiger partial charge in [0.1, 0.15) is 0 Å². The van der Waals surface area contributed by atoms with Gasteiger partial charge >= 0.3 is 0 Å².